The van der Waals surface area contributed by atoms with Gasteiger partial charge in [0.15, 0.2) is 0 Å². The van der Waals surface area contributed by atoms with Crippen molar-refractivity contribution in [3.63, 3.8) is 0 Å². The highest BCUT2D eigenvalue weighted by molar-refractivity contribution is 4.92. The van der Waals surface area contributed by atoms with Crippen LogP contribution in [0.3, 0.4) is 0 Å². The fraction of sp³-hybridized carbons (Fsp3) is 1.00. The van der Waals surface area contributed by atoms with Gasteiger partial charge in [0.25, 0.3) is 0 Å². The van der Waals surface area contributed by atoms with E-state index in [4.69, 9.17) is 0 Å². The van der Waals surface area contributed by atoms with Crippen molar-refractivity contribution in [3.8, 4) is 0 Å². The summed E-state index contributed by atoms with van der Waals surface area (Å²) in [7, 11) is 0. The van der Waals surface area contributed by atoms with Crippen LogP contribution in [-0.4, -0.2) is 60.6 Å². The first kappa shape index (κ1) is 11.9. The molecule has 17 heavy (non-hydrogen) atoms. The van der Waals surface area contributed by atoms with Crippen LogP contribution in [0.2, 0.25) is 0 Å². The summed E-state index contributed by atoms with van der Waals surface area (Å²) >= 11 is 0. The summed E-state index contributed by atoms with van der Waals surface area (Å²) < 4.78 is 0. The van der Waals surface area contributed by atoms with E-state index >= 15 is 0 Å². The summed E-state index contributed by atoms with van der Waals surface area (Å²) in [5, 5.41) is 3.82. The molecule has 2 aliphatic heterocycles. The lowest BCUT2D eigenvalue weighted by molar-refractivity contribution is 0.251. The molecule has 1 N–H and O–H groups in total. The van der Waals surface area contributed by atoms with Gasteiger partial charge in [-0.2, -0.15) is 0 Å². The minimum atomic E-state index is 0.773. The van der Waals surface area contributed by atoms with Gasteiger partial charge in [0.05, 0.1) is 0 Å². The van der Waals surface area contributed by atoms with Crippen molar-refractivity contribution < 1.29 is 0 Å². The minimum absolute atomic E-state index is 0.773. The predicted molar refractivity (Wildman–Crippen MR) is 71.3 cm³/mol. The van der Waals surface area contributed by atoms with E-state index in [0.29, 0.717) is 0 Å². The summed E-state index contributed by atoms with van der Waals surface area (Å²) in [6.07, 6.45) is 7.09. The monoisotopic (exact) mass is 237 g/mol. The topological polar surface area (TPSA) is 18.5 Å². The van der Waals surface area contributed by atoms with E-state index in [9.17, 15) is 0 Å². The summed E-state index contributed by atoms with van der Waals surface area (Å²) in [6.45, 7) is 8.71. The van der Waals surface area contributed by atoms with E-state index in [-0.39, 0.29) is 0 Å². The van der Waals surface area contributed by atoms with Gasteiger partial charge in [-0.15, -0.1) is 0 Å². The smallest absolute Gasteiger partial charge is 0.0221 e. The predicted octanol–water partition coefficient (Wildman–Crippen LogP) is 1.30. The number of nitrogens with one attached hydrogen (secondary N) is 1. The molecule has 1 saturated carbocycles. The Kier molecular flexibility index (Phi) is 3.69. The molecular weight excluding hydrogens is 210 g/mol. The van der Waals surface area contributed by atoms with Gasteiger partial charge < -0.3 is 5.32 Å². The average Bonchev–Trinajstić information content (AvgIpc) is 2.93. The van der Waals surface area contributed by atoms with Crippen molar-refractivity contribution in [2.75, 3.05) is 32.7 Å². The number of nitrogens with zero attached hydrogens (tertiary/aromatic N) is 2. The molecule has 2 unspecified atom stereocenters. The molecule has 0 bridgehead atoms. The van der Waals surface area contributed by atoms with Crippen LogP contribution in [0, 0.1) is 0 Å². The normalized spacial score (nSPS) is 35.8. The molecule has 98 valence electrons. The molecule has 1 aliphatic carbocycles. The molecule has 0 aromatic rings. The number of likely N-dealkylation sites (N-methyl/N-ethyl adjacent to an activating group) is 1. The van der Waals surface area contributed by atoms with Crippen molar-refractivity contribution in [2.24, 2.45) is 0 Å². The molecule has 0 aromatic carbocycles. The molecular formula is C14H27N3. The van der Waals surface area contributed by atoms with Crippen LogP contribution in [0.4, 0.5) is 0 Å². The summed E-state index contributed by atoms with van der Waals surface area (Å²) in [4.78, 5) is 5.34. The third-order valence-electron chi connectivity index (χ3n) is 4.83. The third-order valence-corrected chi connectivity index (χ3v) is 4.83. The standard InChI is InChI=1S/C14H27N3/c1-2-16-8-3-4-14(16)10-15-12-7-9-17(11-12)13-5-6-13/h12-15H,2-11H2,1H3. The van der Waals surface area contributed by atoms with Crippen molar-refractivity contribution in [3.05, 3.63) is 0 Å². The minimum Gasteiger partial charge on any atom is -0.311 e. The summed E-state index contributed by atoms with van der Waals surface area (Å²) in [5.41, 5.74) is 0. The SMILES string of the molecule is CCN1CCCC1CNC1CCN(C2CC2)C1. The van der Waals surface area contributed by atoms with Crippen LogP contribution in [0.5, 0.6) is 0 Å². The molecule has 3 heteroatoms. The number of hydrogen-bond donors (Lipinski definition) is 1. The second kappa shape index (κ2) is 5.25. The molecule has 3 nitrogen and oxygen atoms in total. The van der Waals surface area contributed by atoms with Gasteiger partial charge in [-0.1, -0.05) is 6.92 Å². The lowest BCUT2D eigenvalue weighted by Crippen LogP contribution is -2.42. The Bertz CT molecular complexity index is 252. The molecule has 3 rings (SSSR count). The van der Waals surface area contributed by atoms with E-state index in [1.165, 1.54) is 64.8 Å². The fourth-order valence-electron chi connectivity index (χ4n) is 3.57. The zero-order chi connectivity index (χ0) is 11.7. The molecule has 3 fully saturated rings. The fourth-order valence-corrected chi connectivity index (χ4v) is 3.57. The van der Waals surface area contributed by atoms with Gasteiger partial charge in [-0.25, -0.2) is 0 Å². The lowest BCUT2D eigenvalue weighted by atomic mass is 10.2. The van der Waals surface area contributed by atoms with Gasteiger partial charge in [-0.05, 0) is 45.2 Å². The van der Waals surface area contributed by atoms with Crippen LogP contribution in [-0.2, 0) is 0 Å². The average molecular weight is 237 g/mol. The van der Waals surface area contributed by atoms with E-state index < -0.39 is 0 Å². The Morgan fingerprint density at radius 2 is 2.00 bits per heavy atom. The zero-order valence-electron chi connectivity index (χ0n) is 11.2. The number of rotatable bonds is 5. The number of hydrogen-bond acceptors (Lipinski definition) is 3. The molecule has 3 aliphatic rings. The maximum atomic E-state index is 3.82. The quantitative estimate of drug-likeness (QED) is 0.777. The molecule has 2 atom stereocenters. The highest BCUT2D eigenvalue weighted by Crippen LogP contribution is 2.29. The van der Waals surface area contributed by atoms with Gasteiger partial charge in [0.2, 0.25) is 0 Å². The summed E-state index contributed by atoms with van der Waals surface area (Å²) in [5.74, 6) is 0. The van der Waals surface area contributed by atoms with Gasteiger partial charge >= 0.3 is 0 Å². The highest BCUT2D eigenvalue weighted by atomic mass is 15.2. The van der Waals surface area contributed by atoms with Crippen LogP contribution >= 0.6 is 0 Å². The Labute approximate surface area is 106 Å². The van der Waals surface area contributed by atoms with Crippen molar-refractivity contribution >= 4 is 0 Å². The summed E-state index contributed by atoms with van der Waals surface area (Å²) in [6, 6.07) is 2.55. The maximum absolute atomic E-state index is 3.82. The second-order valence-electron chi connectivity index (χ2n) is 6.04. The number of likely N-dealkylation sites (tertiary alicyclic amines) is 2. The van der Waals surface area contributed by atoms with Crippen molar-refractivity contribution in [1.82, 2.24) is 15.1 Å². The second-order valence-corrected chi connectivity index (χ2v) is 6.04. The van der Waals surface area contributed by atoms with Gasteiger partial charge in [-0.3, -0.25) is 9.80 Å². The Morgan fingerprint density at radius 3 is 2.76 bits per heavy atom. The van der Waals surface area contributed by atoms with Crippen LogP contribution in [0.15, 0.2) is 0 Å². The molecule has 2 heterocycles. The van der Waals surface area contributed by atoms with Crippen LogP contribution in [0.1, 0.15) is 39.0 Å². The van der Waals surface area contributed by atoms with Gasteiger partial charge in [0.1, 0.15) is 0 Å². The lowest BCUT2D eigenvalue weighted by Gasteiger charge is -2.25. The van der Waals surface area contributed by atoms with Crippen LogP contribution in [0.25, 0.3) is 0 Å². The van der Waals surface area contributed by atoms with Crippen molar-refractivity contribution in [2.45, 2.75) is 57.2 Å². The first-order chi connectivity index (χ1) is 8.36. The Balaban J connectivity index is 1.39. The van der Waals surface area contributed by atoms with Crippen LogP contribution < -0.4 is 5.32 Å². The molecule has 0 radical (unpaired) electrons. The Morgan fingerprint density at radius 1 is 1.12 bits per heavy atom. The molecule has 2 saturated heterocycles. The highest BCUT2D eigenvalue weighted by Gasteiger charge is 2.34. The molecule has 0 spiro atoms. The van der Waals surface area contributed by atoms with E-state index in [2.05, 4.69) is 22.0 Å². The Hall–Kier alpha value is -0.120. The van der Waals surface area contributed by atoms with E-state index in [1.807, 2.05) is 0 Å². The first-order valence-corrected chi connectivity index (χ1v) is 7.58. The third kappa shape index (κ3) is 2.83. The van der Waals surface area contributed by atoms with E-state index in [1.54, 1.807) is 0 Å². The van der Waals surface area contributed by atoms with E-state index in [0.717, 1.165) is 18.1 Å². The van der Waals surface area contributed by atoms with Crippen molar-refractivity contribution in [1.29, 1.82) is 0 Å². The molecule has 0 aromatic heterocycles. The largest absolute Gasteiger partial charge is 0.311 e. The van der Waals surface area contributed by atoms with Gasteiger partial charge in [0, 0.05) is 37.8 Å². The molecule has 0 amide bonds. The zero-order valence-corrected chi connectivity index (χ0v) is 11.2. The maximum Gasteiger partial charge on any atom is 0.0221 e. The first-order valence-electron chi connectivity index (χ1n) is 7.58.